The van der Waals surface area contributed by atoms with E-state index in [4.69, 9.17) is 0 Å². The van der Waals surface area contributed by atoms with E-state index < -0.39 is 0 Å². The largest absolute Gasteiger partial charge is 0.349 e. The van der Waals surface area contributed by atoms with Crippen LogP contribution < -0.4 is 5.32 Å². The maximum absolute atomic E-state index is 12.0. The standard InChI is InChI=1S/C14H21N3O/c1-14(2)11(8-12(14)17(3)4)16-13(18)10-6-5-7-15-9-10/h5-7,9,11-12H,8H2,1-4H3,(H,16,18)/t11-,12-/m0/s1. The molecule has 2 rings (SSSR count). The molecule has 4 heteroatoms. The van der Waals surface area contributed by atoms with Crippen molar-refractivity contribution in [2.24, 2.45) is 5.41 Å². The lowest BCUT2D eigenvalue weighted by molar-refractivity contribution is -0.0107. The van der Waals surface area contributed by atoms with E-state index in [0.29, 0.717) is 11.6 Å². The first-order chi connectivity index (χ1) is 8.43. The molecule has 0 bridgehead atoms. The van der Waals surface area contributed by atoms with Gasteiger partial charge in [-0.15, -0.1) is 0 Å². The second kappa shape index (κ2) is 4.69. The van der Waals surface area contributed by atoms with Gasteiger partial charge in [-0.3, -0.25) is 9.78 Å². The van der Waals surface area contributed by atoms with E-state index in [-0.39, 0.29) is 17.4 Å². The Kier molecular flexibility index (Phi) is 3.39. The third kappa shape index (κ3) is 2.25. The van der Waals surface area contributed by atoms with Crippen molar-refractivity contribution in [2.45, 2.75) is 32.4 Å². The number of nitrogens with zero attached hydrogens (tertiary/aromatic N) is 2. The van der Waals surface area contributed by atoms with Crippen molar-refractivity contribution in [2.75, 3.05) is 14.1 Å². The van der Waals surface area contributed by atoms with E-state index in [9.17, 15) is 4.79 Å². The van der Waals surface area contributed by atoms with Crippen molar-refractivity contribution < 1.29 is 4.79 Å². The summed E-state index contributed by atoms with van der Waals surface area (Å²) >= 11 is 0. The van der Waals surface area contributed by atoms with Gasteiger partial charge < -0.3 is 10.2 Å². The SMILES string of the molecule is CN(C)[C@H]1C[C@H](NC(=O)c2cccnc2)C1(C)C. The summed E-state index contributed by atoms with van der Waals surface area (Å²) in [5.41, 5.74) is 0.739. The lowest BCUT2D eigenvalue weighted by Crippen LogP contribution is -2.65. The average Bonchev–Trinajstić information content (AvgIpc) is 2.34. The fourth-order valence-corrected chi connectivity index (χ4v) is 2.76. The molecule has 0 aromatic carbocycles. The quantitative estimate of drug-likeness (QED) is 0.881. The molecule has 1 aromatic rings. The molecule has 2 atom stereocenters. The summed E-state index contributed by atoms with van der Waals surface area (Å²) in [5, 5.41) is 3.10. The molecule has 1 saturated carbocycles. The first-order valence-electron chi connectivity index (χ1n) is 6.30. The molecule has 1 aromatic heterocycles. The third-order valence-corrected chi connectivity index (χ3v) is 4.07. The molecule has 1 N–H and O–H groups in total. The van der Waals surface area contributed by atoms with E-state index in [0.717, 1.165) is 6.42 Å². The summed E-state index contributed by atoms with van der Waals surface area (Å²) in [6.07, 6.45) is 4.28. The summed E-state index contributed by atoms with van der Waals surface area (Å²) in [5.74, 6) is -0.0293. The van der Waals surface area contributed by atoms with Gasteiger partial charge in [0.1, 0.15) is 0 Å². The monoisotopic (exact) mass is 247 g/mol. The number of carbonyl (C=O) groups is 1. The van der Waals surface area contributed by atoms with Crippen LogP contribution in [0.4, 0.5) is 0 Å². The number of amides is 1. The van der Waals surface area contributed by atoms with E-state index in [1.165, 1.54) is 0 Å². The highest BCUT2D eigenvalue weighted by Gasteiger charge is 2.49. The van der Waals surface area contributed by atoms with Crippen LogP contribution in [0.3, 0.4) is 0 Å². The number of rotatable bonds is 3. The van der Waals surface area contributed by atoms with Gasteiger partial charge >= 0.3 is 0 Å². The molecule has 98 valence electrons. The zero-order valence-corrected chi connectivity index (χ0v) is 11.5. The third-order valence-electron chi connectivity index (χ3n) is 4.07. The van der Waals surface area contributed by atoms with Gasteiger partial charge in [0, 0.05) is 29.9 Å². The zero-order valence-electron chi connectivity index (χ0n) is 11.5. The molecular weight excluding hydrogens is 226 g/mol. The minimum atomic E-state index is -0.0293. The van der Waals surface area contributed by atoms with Crippen molar-refractivity contribution >= 4 is 5.91 Å². The van der Waals surface area contributed by atoms with Gasteiger partial charge in [-0.25, -0.2) is 0 Å². The molecule has 1 aliphatic rings. The van der Waals surface area contributed by atoms with E-state index in [2.05, 4.69) is 43.1 Å². The molecule has 0 radical (unpaired) electrons. The second-order valence-electron chi connectivity index (χ2n) is 5.80. The highest BCUT2D eigenvalue weighted by molar-refractivity contribution is 5.94. The van der Waals surface area contributed by atoms with E-state index >= 15 is 0 Å². The minimum Gasteiger partial charge on any atom is -0.349 e. The molecule has 0 aliphatic heterocycles. The van der Waals surface area contributed by atoms with Crippen molar-refractivity contribution in [1.82, 2.24) is 15.2 Å². The summed E-state index contributed by atoms with van der Waals surface area (Å²) in [7, 11) is 4.18. The van der Waals surface area contributed by atoms with Crippen LogP contribution in [0.25, 0.3) is 0 Å². The zero-order chi connectivity index (χ0) is 13.3. The highest BCUT2D eigenvalue weighted by atomic mass is 16.1. The van der Waals surface area contributed by atoms with Gasteiger partial charge in [-0.1, -0.05) is 13.8 Å². The molecule has 0 spiro atoms. The van der Waals surface area contributed by atoms with Crippen LogP contribution in [-0.2, 0) is 0 Å². The molecule has 0 saturated heterocycles. The lowest BCUT2D eigenvalue weighted by atomic mass is 9.62. The molecule has 1 fully saturated rings. The average molecular weight is 247 g/mol. The Balaban J connectivity index is 1.99. The van der Waals surface area contributed by atoms with E-state index in [1.54, 1.807) is 24.5 Å². The number of hydrogen-bond donors (Lipinski definition) is 1. The van der Waals surface area contributed by atoms with Crippen molar-refractivity contribution in [3.05, 3.63) is 30.1 Å². The van der Waals surface area contributed by atoms with Gasteiger partial charge in [0.2, 0.25) is 0 Å². The Bertz CT molecular complexity index is 428. The fourth-order valence-electron chi connectivity index (χ4n) is 2.76. The fraction of sp³-hybridized carbons (Fsp3) is 0.571. The highest BCUT2D eigenvalue weighted by Crippen LogP contribution is 2.43. The van der Waals surface area contributed by atoms with Crippen LogP contribution in [0, 0.1) is 5.41 Å². The number of hydrogen-bond acceptors (Lipinski definition) is 3. The first kappa shape index (κ1) is 13.0. The van der Waals surface area contributed by atoms with Gasteiger partial charge in [-0.05, 0) is 32.6 Å². The van der Waals surface area contributed by atoms with Crippen LogP contribution in [0.15, 0.2) is 24.5 Å². The molecule has 1 heterocycles. The number of carbonyl (C=O) groups excluding carboxylic acids is 1. The number of pyridine rings is 1. The Morgan fingerprint density at radius 3 is 2.72 bits per heavy atom. The second-order valence-corrected chi connectivity index (χ2v) is 5.80. The summed E-state index contributed by atoms with van der Waals surface area (Å²) in [4.78, 5) is 18.2. The van der Waals surface area contributed by atoms with Crippen molar-refractivity contribution in [1.29, 1.82) is 0 Å². The van der Waals surface area contributed by atoms with Crippen molar-refractivity contribution in [3.8, 4) is 0 Å². The molecule has 4 nitrogen and oxygen atoms in total. The minimum absolute atomic E-state index is 0.0293. The summed E-state index contributed by atoms with van der Waals surface area (Å²) < 4.78 is 0. The Hall–Kier alpha value is -1.42. The van der Waals surface area contributed by atoms with Gasteiger partial charge in [-0.2, -0.15) is 0 Å². The molecule has 18 heavy (non-hydrogen) atoms. The molecule has 0 unspecified atom stereocenters. The molecular formula is C14H21N3O. The number of nitrogens with one attached hydrogen (secondary N) is 1. The first-order valence-corrected chi connectivity index (χ1v) is 6.30. The number of aromatic nitrogens is 1. The lowest BCUT2D eigenvalue weighted by Gasteiger charge is -2.55. The van der Waals surface area contributed by atoms with Crippen LogP contribution in [0.2, 0.25) is 0 Å². The van der Waals surface area contributed by atoms with Crippen molar-refractivity contribution in [3.63, 3.8) is 0 Å². The normalized spacial score (nSPS) is 25.6. The van der Waals surface area contributed by atoms with Gasteiger partial charge in [0.25, 0.3) is 5.91 Å². The predicted molar refractivity (Wildman–Crippen MR) is 71.4 cm³/mol. The van der Waals surface area contributed by atoms with Gasteiger partial charge in [0.15, 0.2) is 0 Å². The van der Waals surface area contributed by atoms with Crippen LogP contribution >= 0.6 is 0 Å². The summed E-state index contributed by atoms with van der Waals surface area (Å²) in [6.45, 7) is 4.41. The van der Waals surface area contributed by atoms with Crippen LogP contribution in [0.1, 0.15) is 30.6 Å². The molecule has 1 aliphatic carbocycles. The summed E-state index contributed by atoms with van der Waals surface area (Å²) in [6, 6.07) is 4.33. The maximum atomic E-state index is 12.0. The Morgan fingerprint density at radius 2 is 2.22 bits per heavy atom. The molecule has 1 amide bonds. The smallest absolute Gasteiger partial charge is 0.253 e. The topological polar surface area (TPSA) is 45.2 Å². The predicted octanol–water partition coefficient (Wildman–Crippen LogP) is 1.54. The maximum Gasteiger partial charge on any atom is 0.253 e. The van der Waals surface area contributed by atoms with E-state index in [1.807, 2.05) is 0 Å². The van der Waals surface area contributed by atoms with Crippen LogP contribution in [0.5, 0.6) is 0 Å². The van der Waals surface area contributed by atoms with Gasteiger partial charge in [0.05, 0.1) is 5.56 Å². The van der Waals surface area contributed by atoms with Crippen LogP contribution in [-0.4, -0.2) is 42.0 Å². The Morgan fingerprint density at radius 1 is 1.50 bits per heavy atom. The Labute approximate surface area is 108 Å².